The van der Waals surface area contributed by atoms with E-state index in [2.05, 4.69) is 0 Å². The van der Waals surface area contributed by atoms with Gasteiger partial charge < -0.3 is 14.6 Å². The zero-order valence-electron chi connectivity index (χ0n) is 13.4. The molecule has 0 spiro atoms. The Bertz CT molecular complexity index is 941. The van der Waals surface area contributed by atoms with E-state index in [1.807, 2.05) is 0 Å². The van der Waals surface area contributed by atoms with Gasteiger partial charge >= 0.3 is 0 Å². The molecule has 1 heterocycles. The van der Waals surface area contributed by atoms with Crippen molar-refractivity contribution in [2.75, 3.05) is 12.0 Å². The molecule has 0 aromatic heterocycles. The fraction of sp³-hybridized carbons (Fsp3) is 0.0556. The quantitative estimate of drug-likeness (QED) is 0.592. The summed E-state index contributed by atoms with van der Waals surface area (Å²) in [6.45, 7) is 0. The molecule has 0 N–H and O–H groups in total. The van der Waals surface area contributed by atoms with E-state index < -0.39 is 11.8 Å². The van der Waals surface area contributed by atoms with Crippen LogP contribution in [0.4, 0.5) is 10.1 Å². The number of thiocarbonyl (C=S) groups is 1. The Balaban J connectivity index is 1.88. The van der Waals surface area contributed by atoms with E-state index in [4.69, 9.17) is 17.0 Å². The van der Waals surface area contributed by atoms with Crippen LogP contribution in [0, 0.1) is 5.82 Å². The molecule has 0 radical (unpaired) electrons. The Morgan fingerprint density at radius 3 is 2.54 bits per heavy atom. The summed E-state index contributed by atoms with van der Waals surface area (Å²) >= 11 is 6.33. The minimum absolute atomic E-state index is 0.00319. The van der Waals surface area contributed by atoms with Crippen LogP contribution < -0.4 is 14.7 Å². The summed E-state index contributed by atoms with van der Waals surface area (Å²) in [4.78, 5) is 25.1. The van der Waals surface area contributed by atoms with Crippen molar-refractivity contribution in [3.05, 3.63) is 64.3 Å². The van der Waals surface area contributed by atoms with Gasteiger partial charge in [0.2, 0.25) is 0 Å². The van der Waals surface area contributed by atoms with Gasteiger partial charge in [0.15, 0.2) is 15.9 Å². The van der Waals surface area contributed by atoms with Crippen molar-refractivity contribution in [3.8, 4) is 5.75 Å². The molecule has 0 atom stereocenters. The van der Waals surface area contributed by atoms with Crippen LogP contribution in [-0.2, 0) is 4.79 Å². The molecular formula is C18H11FNO4S2-. The van der Waals surface area contributed by atoms with Crippen LogP contribution in [0.5, 0.6) is 5.75 Å². The summed E-state index contributed by atoms with van der Waals surface area (Å²) in [5, 5.41) is 10.8. The fourth-order valence-corrected chi connectivity index (χ4v) is 3.66. The third kappa shape index (κ3) is 3.47. The fourth-order valence-electron chi connectivity index (χ4n) is 2.36. The van der Waals surface area contributed by atoms with Crippen LogP contribution in [0.3, 0.4) is 0 Å². The maximum Gasteiger partial charge on any atom is 0.270 e. The Labute approximate surface area is 158 Å². The number of rotatable bonds is 4. The van der Waals surface area contributed by atoms with Gasteiger partial charge in [-0.3, -0.25) is 9.69 Å². The molecule has 0 aliphatic carbocycles. The van der Waals surface area contributed by atoms with E-state index >= 15 is 0 Å². The van der Waals surface area contributed by atoms with Crippen LogP contribution in [-0.4, -0.2) is 23.3 Å². The molecular weight excluding hydrogens is 377 g/mol. The van der Waals surface area contributed by atoms with Gasteiger partial charge in [0.05, 0.1) is 23.7 Å². The molecule has 0 saturated carbocycles. The van der Waals surface area contributed by atoms with Crippen molar-refractivity contribution in [3.63, 3.8) is 0 Å². The molecule has 8 heteroatoms. The smallest absolute Gasteiger partial charge is 0.270 e. The van der Waals surface area contributed by atoms with Gasteiger partial charge in [-0.05, 0) is 41.5 Å². The average molecular weight is 388 g/mol. The topological polar surface area (TPSA) is 69.7 Å². The van der Waals surface area contributed by atoms with E-state index in [0.717, 1.165) is 11.8 Å². The SMILES string of the molecule is COc1ccc(/C=C2\SC(=S)N(c3ccc(C(=O)[O-])cc3)C2=O)cc1F. The summed E-state index contributed by atoms with van der Waals surface area (Å²) in [7, 11) is 1.37. The largest absolute Gasteiger partial charge is 0.545 e. The summed E-state index contributed by atoms with van der Waals surface area (Å²) in [6, 6.07) is 10.00. The number of benzene rings is 2. The molecule has 1 amide bonds. The van der Waals surface area contributed by atoms with Crippen LogP contribution in [0.1, 0.15) is 15.9 Å². The molecule has 132 valence electrons. The van der Waals surface area contributed by atoms with E-state index in [0.29, 0.717) is 20.5 Å². The lowest BCUT2D eigenvalue weighted by molar-refractivity contribution is -0.255. The van der Waals surface area contributed by atoms with Gasteiger partial charge in [0, 0.05) is 0 Å². The molecule has 1 aliphatic heterocycles. The van der Waals surface area contributed by atoms with Crippen molar-refractivity contribution in [1.29, 1.82) is 0 Å². The van der Waals surface area contributed by atoms with E-state index in [1.54, 1.807) is 6.07 Å². The Kier molecular flexibility index (Phi) is 5.06. The lowest BCUT2D eigenvalue weighted by atomic mass is 10.1. The monoisotopic (exact) mass is 388 g/mol. The van der Waals surface area contributed by atoms with E-state index in [9.17, 15) is 19.1 Å². The van der Waals surface area contributed by atoms with Crippen molar-refractivity contribution in [2.24, 2.45) is 0 Å². The minimum Gasteiger partial charge on any atom is -0.545 e. The highest BCUT2D eigenvalue weighted by atomic mass is 32.2. The summed E-state index contributed by atoms with van der Waals surface area (Å²) in [5.41, 5.74) is 0.946. The number of carboxylic acids is 1. The molecule has 0 unspecified atom stereocenters. The Hall–Kier alpha value is -2.71. The zero-order chi connectivity index (χ0) is 18.8. The first-order valence-electron chi connectivity index (χ1n) is 7.33. The van der Waals surface area contributed by atoms with Gasteiger partial charge in [-0.1, -0.05) is 42.2 Å². The number of nitrogens with zero attached hydrogens (tertiary/aromatic N) is 1. The number of anilines is 1. The number of hydrogen-bond acceptors (Lipinski definition) is 6. The van der Waals surface area contributed by atoms with Crippen LogP contribution in [0.15, 0.2) is 47.4 Å². The highest BCUT2D eigenvalue weighted by Crippen LogP contribution is 2.36. The van der Waals surface area contributed by atoms with Gasteiger partial charge in [-0.25, -0.2) is 4.39 Å². The molecule has 1 aliphatic rings. The third-order valence-corrected chi connectivity index (χ3v) is 4.93. The van der Waals surface area contributed by atoms with Crippen molar-refractivity contribution >= 4 is 51.9 Å². The average Bonchev–Trinajstić information content (AvgIpc) is 2.89. The number of aromatic carboxylic acids is 1. The maximum absolute atomic E-state index is 13.8. The maximum atomic E-state index is 13.8. The highest BCUT2D eigenvalue weighted by Gasteiger charge is 2.33. The first kappa shape index (κ1) is 18.1. The summed E-state index contributed by atoms with van der Waals surface area (Å²) in [5.74, 6) is -2.09. The second kappa shape index (κ2) is 7.27. The number of ether oxygens (including phenoxy) is 1. The lowest BCUT2D eigenvalue weighted by Gasteiger charge is -2.15. The number of hydrogen-bond donors (Lipinski definition) is 0. The molecule has 1 saturated heterocycles. The number of carbonyl (C=O) groups is 2. The van der Waals surface area contributed by atoms with E-state index in [-0.39, 0.29) is 17.2 Å². The second-order valence-electron chi connectivity index (χ2n) is 5.25. The van der Waals surface area contributed by atoms with Crippen molar-refractivity contribution in [2.45, 2.75) is 0 Å². The molecule has 3 rings (SSSR count). The van der Waals surface area contributed by atoms with Gasteiger partial charge in [-0.15, -0.1) is 0 Å². The number of carbonyl (C=O) groups excluding carboxylic acids is 2. The van der Waals surface area contributed by atoms with Gasteiger partial charge in [-0.2, -0.15) is 0 Å². The normalized spacial score (nSPS) is 15.6. The lowest BCUT2D eigenvalue weighted by Crippen LogP contribution is -2.28. The highest BCUT2D eigenvalue weighted by molar-refractivity contribution is 8.27. The second-order valence-corrected chi connectivity index (χ2v) is 6.92. The molecule has 5 nitrogen and oxygen atoms in total. The van der Waals surface area contributed by atoms with Crippen LogP contribution in [0.25, 0.3) is 6.08 Å². The Morgan fingerprint density at radius 1 is 1.27 bits per heavy atom. The minimum atomic E-state index is -1.30. The Morgan fingerprint density at radius 2 is 1.96 bits per heavy atom. The standard InChI is InChI=1S/C18H12FNO4S2/c1-24-14-7-2-10(8-13(14)19)9-15-16(21)20(18(25)26-15)12-5-3-11(4-6-12)17(22)23/h2-9H,1H3,(H,22,23)/p-1/b15-9-. The number of carboxylic acid groups (broad SMARTS) is 1. The van der Waals surface area contributed by atoms with Gasteiger partial charge in [0.1, 0.15) is 0 Å². The predicted molar refractivity (Wildman–Crippen MR) is 99.4 cm³/mol. The predicted octanol–water partition coefficient (Wildman–Crippen LogP) is 2.60. The summed E-state index contributed by atoms with van der Waals surface area (Å²) < 4.78 is 19.0. The summed E-state index contributed by atoms with van der Waals surface area (Å²) in [6.07, 6.45) is 1.54. The molecule has 26 heavy (non-hydrogen) atoms. The third-order valence-electron chi connectivity index (χ3n) is 3.63. The van der Waals surface area contributed by atoms with Crippen molar-refractivity contribution < 1.29 is 23.8 Å². The number of amides is 1. The number of methoxy groups -OCH3 is 1. The van der Waals surface area contributed by atoms with Gasteiger partial charge in [0.25, 0.3) is 5.91 Å². The van der Waals surface area contributed by atoms with Crippen molar-refractivity contribution in [1.82, 2.24) is 0 Å². The molecule has 1 fully saturated rings. The molecule has 0 bridgehead atoms. The molecule has 2 aromatic rings. The molecule has 2 aromatic carbocycles. The first-order valence-corrected chi connectivity index (χ1v) is 8.56. The first-order chi connectivity index (χ1) is 12.4. The number of thioether (sulfide) groups is 1. The van der Waals surface area contributed by atoms with Crippen LogP contribution in [0.2, 0.25) is 0 Å². The van der Waals surface area contributed by atoms with Crippen LogP contribution >= 0.6 is 24.0 Å². The van der Waals surface area contributed by atoms with E-state index in [1.165, 1.54) is 54.5 Å². The zero-order valence-corrected chi connectivity index (χ0v) is 15.0. The number of halogens is 1.